The molecule has 3 N–H and O–H groups in total. The number of aromatic nitrogens is 1. The van der Waals surface area contributed by atoms with E-state index in [0.717, 1.165) is 20.4 Å². The molecule has 0 aliphatic rings. The molecule has 3 rings (SSSR count). The van der Waals surface area contributed by atoms with Gasteiger partial charge in [-0.1, -0.05) is 6.07 Å². The predicted octanol–water partition coefficient (Wildman–Crippen LogP) is 4.20. The number of rotatable bonds is 2. The van der Waals surface area contributed by atoms with E-state index in [4.69, 9.17) is 5.73 Å². The quantitative estimate of drug-likeness (QED) is 0.718. The molecule has 0 atom stereocenters. The highest BCUT2D eigenvalue weighted by atomic mass is 79.9. The summed E-state index contributed by atoms with van der Waals surface area (Å²) in [5.74, 6) is -0.222. The van der Waals surface area contributed by atoms with Gasteiger partial charge in [-0.25, -0.2) is 0 Å². The third-order valence-corrected chi connectivity index (χ3v) is 4.88. The normalized spacial score (nSPS) is 10.8. The first kappa shape index (κ1) is 14.0. The van der Waals surface area contributed by atoms with E-state index in [-0.39, 0.29) is 5.91 Å². The number of hydrogen-bond donors (Lipinski definition) is 2. The highest BCUT2D eigenvalue weighted by Gasteiger charge is 2.17. The zero-order valence-electron chi connectivity index (χ0n) is 11.2. The number of nitrogen functional groups attached to an aromatic ring is 1. The van der Waals surface area contributed by atoms with Gasteiger partial charge in [0.05, 0.1) is 16.1 Å². The van der Waals surface area contributed by atoms with Gasteiger partial charge in [0.2, 0.25) is 0 Å². The first-order valence-electron chi connectivity index (χ1n) is 6.27. The van der Waals surface area contributed by atoms with Crippen LogP contribution in [0.15, 0.2) is 41.0 Å². The average molecular weight is 362 g/mol. The molecule has 0 bridgehead atoms. The molecule has 6 heteroatoms. The Balaban J connectivity index is 1.95. The second-order valence-electron chi connectivity index (χ2n) is 4.63. The number of aryl methyl sites for hydroxylation is 1. The number of amides is 1. The summed E-state index contributed by atoms with van der Waals surface area (Å²) in [5, 5.41) is 2.87. The Hall–Kier alpha value is -1.92. The number of nitrogens with zero attached hydrogens (tertiary/aromatic N) is 1. The molecule has 106 valence electrons. The summed E-state index contributed by atoms with van der Waals surface area (Å²) >= 11 is 4.79. The SMILES string of the molecule is Cc1ccc(NC(=O)c2sc3cccnc3c2N)c(Br)c1. The molecular formula is C15H12BrN3OS. The molecule has 4 nitrogen and oxygen atoms in total. The smallest absolute Gasteiger partial charge is 0.267 e. The second-order valence-corrected chi connectivity index (χ2v) is 6.54. The first-order valence-corrected chi connectivity index (χ1v) is 7.87. The van der Waals surface area contributed by atoms with Crippen LogP contribution in [0.1, 0.15) is 15.2 Å². The van der Waals surface area contributed by atoms with Gasteiger partial charge < -0.3 is 11.1 Å². The van der Waals surface area contributed by atoms with E-state index < -0.39 is 0 Å². The minimum atomic E-state index is -0.222. The highest BCUT2D eigenvalue weighted by molar-refractivity contribution is 9.10. The van der Waals surface area contributed by atoms with E-state index in [1.54, 1.807) is 6.20 Å². The Bertz CT molecular complexity index is 844. The van der Waals surface area contributed by atoms with Crippen LogP contribution >= 0.6 is 27.3 Å². The molecule has 21 heavy (non-hydrogen) atoms. The van der Waals surface area contributed by atoms with Crippen molar-refractivity contribution >= 4 is 54.8 Å². The van der Waals surface area contributed by atoms with Gasteiger partial charge in [-0.05, 0) is 52.7 Å². The van der Waals surface area contributed by atoms with Crippen molar-refractivity contribution in [3.8, 4) is 0 Å². The highest BCUT2D eigenvalue weighted by Crippen LogP contribution is 2.33. The molecule has 2 aromatic heterocycles. The number of anilines is 2. The van der Waals surface area contributed by atoms with Crippen molar-refractivity contribution in [3.63, 3.8) is 0 Å². The lowest BCUT2D eigenvalue weighted by molar-refractivity contribution is 0.103. The monoisotopic (exact) mass is 361 g/mol. The summed E-state index contributed by atoms with van der Waals surface area (Å²) < 4.78 is 1.75. The zero-order chi connectivity index (χ0) is 15.0. The largest absolute Gasteiger partial charge is 0.396 e. The number of carbonyl (C=O) groups excluding carboxylic acids is 1. The fraction of sp³-hybridized carbons (Fsp3) is 0.0667. The fourth-order valence-electron chi connectivity index (χ4n) is 2.02. The van der Waals surface area contributed by atoms with Crippen LogP contribution in [0, 0.1) is 6.92 Å². The Morgan fingerprint density at radius 3 is 2.90 bits per heavy atom. The maximum atomic E-state index is 12.4. The zero-order valence-corrected chi connectivity index (χ0v) is 13.6. The summed E-state index contributed by atoms with van der Waals surface area (Å²) in [5.41, 5.74) is 8.97. The molecule has 2 heterocycles. The molecule has 0 aliphatic heterocycles. The topological polar surface area (TPSA) is 68.0 Å². The Kier molecular flexibility index (Phi) is 3.65. The number of nitrogens with two attached hydrogens (primary N) is 1. The molecule has 1 aromatic carbocycles. The number of carbonyl (C=O) groups is 1. The van der Waals surface area contributed by atoms with Crippen molar-refractivity contribution < 1.29 is 4.79 Å². The summed E-state index contributed by atoms with van der Waals surface area (Å²) in [6.45, 7) is 1.99. The van der Waals surface area contributed by atoms with Crippen LogP contribution in [0.25, 0.3) is 10.2 Å². The van der Waals surface area contributed by atoms with Gasteiger partial charge in [-0.3, -0.25) is 9.78 Å². The number of halogens is 1. The van der Waals surface area contributed by atoms with Crippen molar-refractivity contribution in [3.05, 3.63) is 51.4 Å². The van der Waals surface area contributed by atoms with E-state index >= 15 is 0 Å². The van der Waals surface area contributed by atoms with Gasteiger partial charge in [0.1, 0.15) is 10.4 Å². The van der Waals surface area contributed by atoms with Gasteiger partial charge in [0, 0.05) is 10.7 Å². The second kappa shape index (κ2) is 5.46. The minimum absolute atomic E-state index is 0.222. The van der Waals surface area contributed by atoms with Crippen LogP contribution in [0.4, 0.5) is 11.4 Å². The fourth-order valence-corrected chi connectivity index (χ4v) is 3.59. The molecule has 0 radical (unpaired) electrons. The Morgan fingerprint density at radius 1 is 1.38 bits per heavy atom. The number of fused-ring (bicyclic) bond motifs is 1. The van der Waals surface area contributed by atoms with Crippen LogP contribution in [-0.2, 0) is 0 Å². The molecule has 0 fully saturated rings. The van der Waals surface area contributed by atoms with Crippen molar-refractivity contribution in [1.29, 1.82) is 0 Å². The molecule has 0 saturated heterocycles. The third kappa shape index (κ3) is 2.64. The van der Waals surface area contributed by atoms with E-state index in [2.05, 4.69) is 26.2 Å². The van der Waals surface area contributed by atoms with Gasteiger partial charge in [-0.2, -0.15) is 0 Å². The van der Waals surface area contributed by atoms with Crippen LogP contribution in [0.3, 0.4) is 0 Å². The lowest BCUT2D eigenvalue weighted by Gasteiger charge is -2.07. The third-order valence-electron chi connectivity index (χ3n) is 3.06. The standard InChI is InChI=1S/C15H12BrN3OS/c1-8-4-5-10(9(16)7-8)19-15(20)14-12(17)13-11(21-14)3-2-6-18-13/h2-7H,17H2,1H3,(H,19,20). The molecule has 1 amide bonds. The number of hydrogen-bond acceptors (Lipinski definition) is 4. The summed E-state index contributed by atoms with van der Waals surface area (Å²) in [7, 11) is 0. The number of thiophene rings is 1. The first-order chi connectivity index (χ1) is 10.1. The van der Waals surface area contributed by atoms with Crippen LogP contribution in [-0.4, -0.2) is 10.9 Å². The molecule has 0 unspecified atom stereocenters. The number of pyridine rings is 1. The van der Waals surface area contributed by atoms with Crippen molar-refractivity contribution in [1.82, 2.24) is 4.98 Å². The number of nitrogens with one attached hydrogen (secondary N) is 1. The summed E-state index contributed by atoms with van der Waals surface area (Å²) in [6.07, 6.45) is 1.67. The van der Waals surface area contributed by atoms with Crippen molar-refractivity contribution in [2.24, 2.45) is 0 Å². The molecule has 0 spiro atoms. The van der Waals surface area contributed by atoms with Gasteiger partial charge in [0.15, 0.2) is 0 Å². The summed E-state index contributed by atoms with van der Waals surface area (Å²) in [4.78, 5) is 17.1. The lowest BCUT2D eigenvalue weighted by Crippen LogP contribution is -2.12. The van der Waals surface area contributed by atoms with Gasteiger partial charge in [0.25, 0.3) is 5.91 Å². The predicted molar refractivity (Wildman–Crippen MR) is 90.9 cm³/mol. The Morgan fingerprint density at radius 2 is 2.19 bits per heavy atom. The van der Waals surface area contributed by atoms with E-state index in [1.807, 2.05) is 37.3 Å². The number of benzene rings is 1. The van der Waals surface area contributed by atoms with Crippen molar-refractivity contribution in [2.75, 3.05) is 11.1 Å². The molecular weight excluding hydrogens is 350 g/mol. The maximum absolute atomic E-state index is 12.4. The van der Waals surface area contributed by atoms with E-state index in [9.17, 15) is 4.79 Å². The van der Waals surface area contributed by atoms with Gasteiger partial charge in [-0.15, -0.1) is 11.3 Å². The average Bonchev–Trinajstić information content (AvgIpc) is 2.80. The Labute approximate surface area is 134 Å². The van der Waals surface area contributed by atoms with E-state index in [1.165, 1.54) is 11.3 Å². The summed E-state index contributed by atoms with van der Waals surface area (Å²) in [6, 6.07) is 9.49. The van der Waals surface area contributed by atoms with Gasteiger partial charge >= 0.3 is 0 Å². The van der Waals surface area contributed by atoms with Crippen LogP contribution in [0.2, 0.25) is 0 Å². The van der Waals surface area contributed by atoms with Crippen LogP contribution in [0.5, 0.6) is 0 Å². The minimum Gasteiger partial charge on any atom is -0.396 e. The van der Waals surface area contributed by atoms with Crippen molar-refractivity contribution in [2.45, 2.75) is 6.92 Å². The van der Waals surface area contributed by atoms with Crippen LogP contribution < -0.4 is 11.1 Å². The lowest BCUT2D eigenvalue weighted by atomic mass is 10.2. The van der Waals surface area contributed by atoms with E-state index in [0.29, 0.717) is 16.1 Å². The molecule has 3 aromatic rings. The molecule has 0 saturated carbocycles. The molecule has 0 aliphatic carbocycles. The maximum Gasteiger partial charge on any atom is 0.267 e.